The molecule has 0 unspecified atom stereocenters. The lowest BCUT2D eigenvalue weighted by atomic mass is 10.1. The van der Waals surface area contributed by atoms with Crippen molar-refractivity contribution in [3.8, 4) is 16.4 Å². The number of hydrogen-bond acceptors (Lipinski definition) is 5. The van der Waals surface area contributed by atoms with Gasteiger partial charge in [-0.3, -0.25) is 0 Å². The predicted octanol–water partition coefficient (Wildman–Crippen LogP) is 4.11. The Morgan fingerprint density at radius 1 is 1.33 bits per heavy atom. The molecule has 2 aromatic heterocycles. The standard InChI is InChI=1S/C16H13F2N3O2S/c1-2-23-15(22)12-9-24-16(19-12)21-13(8-11(20-21)14(17)18)10-6-4-3-5-7-10/h3-9,14H,2H2,1H3. The molecular weight excluding hydrogens is 336 g/mol. The van der Waals surface area contributed by atoms with E-state index in [4.69, 9.17) is 4.74 Å². The Morgan fingerprint density at radius 2 is 2.08 bits per heavy atom. The van der Waals surface area contributed by atoms with Gasteiger partial charge in [0.1, 0.15) is 5.69 Å². The quantitative estimate of drug-likeness (QED) is 0.651. The number of rotatable bonds is 5. The molecule has 0 N–H and O–H groups in total. The van der Waals surface area contributed by atoms with Crippen molar-refractivity contribution < 1.29 is 18.3 Å². The fourth-order valence-electron chi connectivity index (χ4n) is 2.13. The third-order valence-corrected chi connectivity index (χ3v) is 4.00. The summed E-state index contributed by atoms with van der Waals surface area (Å²) in [7, 11) is 0. The molecule has 3 aromatic rings. The maximum Gasteiger partial charge on any atom is 0.357 e. The summed E-state index contributed by atoms with van der Waals surface area (Å²) in [6, 6.07) is 10.4. The summed E-state index contributed by atoms with van der Waals surface area (Å²) in [5, 5.41) is 5.78. The molecule has 0 radical (unpaired) electrons. The minimum absolute atomic E-state index is 0.130. The highest BCUT2D eigenvalue weighted by Crippen LogP contribution is 2.29. The molecule has 124 valence electrons. The van der Waals surface area contributed by atoms with Crippen LogP contribution < -0.4 is 0 Å². The highest BCUT2D eigenvalue weighted by molar-refractivity contribution is 7.12. The van der Waals surface area contributed by atoms with Crippen molar-refractivity contribution in [3.63, 3.8) is 0 Å². The fraction of sp³-hybridized carbons (Fsp3) is 0.188. The Labute approximate surface area is 140 Å². The van der Waals surface area contributed by atoms with E-state index in [-0.39, 0.29) is 18.0 Å². The summed E-state index contributed by atoms with van der Waals surface area (Å²) in [5.41, 5.74) is 0.993. The second-order valence-corrected chi connectivity index (χ2v) is 5.61. The molecule has 5 nitrogen and oxygen atoms in total. The number of aromatic nitrogens is 3. The highest BCUT2D eigenvalue weighted by atomic mass is 32.1. The van der Waals surface area contributed by atoms with E-state index in [2.05, 4.69) is 10.1 Å². The van der Waals surface area contributed by atoms with Gasteiger partial charge in [-0.1, -0.05) is 30.3 Å². The van der Waals surface area contributed by atoms with Crippen LogP contribution in [0.1, 0.15) is 29.5 Å². The molecule has 2 heterocycles. The molecule has 0 spiro atoms. The molecule has 0 atom stereocenters. The van der Waals surface area contributed by atoms with Gasteiger partial charge in [0.25, 0.3) is 6.43 Å². The lowest BCUT2D eigenvalue weighted by Crippen LogP contribution is -2.06. The van der Waals surface area contributed by atoms with Crippen LogP contribution in [0.25, 0.3) is 16.4 Å². The average Bonchev–Trinajstić information content (AvgIpc) is 3.23. The lowest BCUT2D eigenvalue weighted by molar-refractivity contribution is 0.0520. The Balaban J connectivity index is 2.05. The number of benzene rings is 1. The molecule has 24 heavy (non-hydrogen) atoms. The summed E-state index contributed by atoms with van der Waals surface area (Å²) < 4.78 is 32.3. The van der Waals surface area contributed by atoms with Crippen LogP contribution in [0.5, 0.6) is 0 Å². The van der Waals surface area contributed by atoms with Gasteiger partial charge in [0, 0.05) is 10.9 Å². The van der Waals surface area contributed by atoms with Crippen LogP contribution in [0.4, 0.5) is 8.78 Å². The van der Waals surface area contributed by atoms with Crippen molar-refractivity contribution in [2.45, 2.75) is 13.3 Å². The molecule has 0 bridgehead atoms. The topological polar surface area (TPSA) is 57.0 Å². The second-order valence-electron chi connectivity index (χ2n) is 4.77. The summed E-state index contributed by atoms with van der Waals surface area (Å²) >= 11 is 1.13. The molecule has 0 saturated carbocycles. The van der Waals surface area contributed by atoms with Crippen LogP contribution in [0.15, 0.2) is 41.8 Å². The van der Waals surface area contributed by atoms with Crippen LogP contribution in [0, 0.1) is 0 Å². The van der Waals surface area contributed by atoms with Gasteiger partial charge in [0.05, 0.1) is 12.3 Å². The first-order valence-electron chi connectivity index (χ1n) is 7.16. The summed E-state index contributed by atoms with van der Waals surface area (Å²) in [6.45, 7) is 1.93. The number of esters is 1. The summed E-state index contributed by atoms with van der Waals surface area (Å²) in [6.07, 6.45) is -2.70. The number of carbonyl (C=O) groups is 1. The van der Waals surface area contributed by atoms with Gasteiger partial charge in [-0.15, -0.1) is 11.3 Å². The van der Waals surface area contributed by atoms with Crippen LogP contribution >= 0.6 is 11.3 Å². The van der Waals surface area contributed by atoms with Gasteiger partial charge < -0.3 is 4.74 Å². The van der Waals surface area contributed by atoms with Crippen molar-refractivity contribution in [2.75, 3.05) is 6.61 Å². The summed E-state index contributed by atoms with van der Waals surface area (Å²) in [4.78, 5) is 15.9. The number of carbonyl (C=O) groups excluding carboxylic acids is 1. The smallest absolute Gasteiger partial charge is 0.357 e. The maximum atomic E-state index is 13.1. The maximum absolute atomic E-state index is 13.1. The van der Waals surface area contributed by atoms with E-state index in [0.717, 1.165) is 16.9 Å². The zero-order valence-electron chi connectivity index (χ0n) is 12.6. The Bertz CT molecular complexity index is 846. The van der Waals surface area contributed by atoms with Gasteiger partial charge in [-0.25, -0.2) is 23.2 Å². The SMILES string of the molecule is CCOC(=O)c1csc(-n2nc(C(F)F)cc2-c2ccccc2)n1. The van der Waals surface area contributed by atoms with E-state index < -0.39 is 12.4 Å². The molecule has 0 aliphatic heterocycles. The molecule has 1 aromatic carbocycles. The van der Waals surface area contributed by atoms with E-state index in [1.54, 1.807) is 31.2 Å². The van der Waals surface area contributed by atoms with Crippen LogP contribution in [0.3, 0.4) is 0 Å². The van der Waals surface area contributed by atoms with Crippen LogP contribution in [-0.4, -0.2) is 27.3 Å². The molecule has 3 rings (SSSR count). The average molecular weight is 349 g/mol. The van der Waals surface area contributed by atoms with Crippen molar-refractivity contribution in [1.29, 1.82) is 0 Å². The molecule has 0 fully saturated rings. The molecule has 0 aliphatic rings. The Morgan fingerprint density at radius 3 is 2.75 bits per heavy atom. The van der Waals surface area contributed by atoms with Crippen molar-refractivity contribution in [2.24, 2.45) is 0 Å². The zero-order chi connectivity index (χ0) is 17.1. The van der Waals surface area contributed by atoms with Gasteiger partial charge >= 0.3 is 5.97 Å². The fourth-order valence-corrected chi connectivity index (χ4v) is 2.88. The molecule has 0 aliphatic carbocycles. The largest absolute Gasteiger partial charge is 0.461 e. The van der Waals surface area contributed by atoms with Gasteiger partial charge in [0.2, 0.25) is 5.13 Å². The van der Waals surface area contributed by atoms with E-state index in [0.29, 0.717) is 10.8 Å². The van der Waals surface area contributed by atoms with Gasteiger partial charge in [-0.2, -0.15) is 5.10 Å². The van der Waals surface area contributed by atoms with Crippen molar-refractivity contribution in [3.05, 3.63) is 53.2 Å². The number of hydrogen-bond donors (Lipinski definition) is 0. The number of thiazole rings is 1. The normalized spacial score (nSPS) is 11.0. The Kier molecular flexibility index (Phi) is 4.66. The molecular formula is C16H13F2N3O2S. The minimum atomic E-state index is -2.70. The minimum Gasteiger partial charge on any atom is -0.461 e. The zero-order valence-corrected chi connectivity index (χ0v) is 13.5. The first-order chi connectivity index (χ1) is 11.6. The lowest BCUT2D eigenvalue weighted by Gasteiger charge is -2.03. The summed E-state index contributed by atoms with van der Waals surface area (Å²) in [5.74, 6) is -0.553. The van der Waals surface area contributed by atoms with E-state index in [1.165, 1.54) is 16.1 Å². The second kappa shape index (κ2) is 6.88. The van der Waals surface area contributed by atoms with Crippen molar-refractivity contribution in [1.82, 2.24) is 14.8 Å². The monoisotopic (exact) mass is 349 g/mol. The van der Waals surface area contributed by atoms with E-state index >= 15 is 0 Å². The third kappa shape index (κ3) is 3.18. The van der Waals surface area contributed by atoms with Gasteiger partial charge in [-0.05, 0) is 13.0 Å². The Hall–Kier alpha value is -2.61. The molecule has 0 saturated heterocycles. The number of ether oxygens (including phenoxy) is 1. The number of nitrogens with zero attached hydrogens (tertiary/aromatic N) is 3. The third-order valence-electron chi connectivity index (χ3n) is 3.18. The first kappa shape index (κ1) is 16.3. The molecule has 0 amide bonds. The molecule has 8 heteroatoms. The van der Waals surface area contributed by atoms with Crippen LogP contribution in [0.2, 0.25) is 0 Å². The van der Waals surface area contributed by atoms with E-state index in [1.807, 2.05) is 6.07 Å². The number of alkyl halides is 2. The van der Waals surface area contributed by atoms with Crippen LogP contribution in [-0.2, 0) is 4.74 Å². The van der Waals surface area contributed by atoms with Crippen molar-refractivity contribution >= 4 is 17.3 Å². The van der Waals surface area contributed by atoms with E-state index in [9.17, 15) is 13.6 Å². The number of halogens is 2. The predicted molar refractivity (Wildman–Crippen MR) is 85.6 cm³/mol. The first-order valence-corrected chi connectivity index (χ1v) is 8.04. The highest BCUT2D eigenvalue weighted by Gasteiger charge is 2.20. The van der Waals surface area contributed by atoms with Gasteiger partial charge in [0.15, 0.2) is 5.69 Å².